The quantitative estimate of drug-likeness (QED) is 0.871. The van der Waals surface area contributed by atoms with Gasteiger partial charge in [0.05, 0.1) is 23.6 Å². The molecule has 2 rings (SSSR count). The standard InChI is InChI=1S/C12H13F2N3/c1-7-12(15)8(2)17(16-7)6-9-3-10(13)5-11(14)4-9/h3-5H,6,15H2,1-2H3. The van der Waals surface area contributed by atoms with Gasteiger partial charge in [-0.2, -0.15) is 5.10 Å². The molecule has 0 bridgehead atoms. The predicted molar refractivity (Wildman–Crippen MR) is 61.6 cm³/mol. The van der Waals surface area contributed by atoms with E-state index in [1.807, 2.05) is 6.92 Å². The van der Waals surface area contributed by atoms with Gasteiger partial charge < -0.3 is 5.73 Å². The van der Waals surface area contributed by atoms with Crippen LogP contribution >= 0.6 is 0 Å². The summed E-state index contributed by atoms with van der Waals surface area (Å²) in [6.07, 6.45) is 0. The van der Waals surface area contributed by atoms with E-state index in [2.05, 4.69) is 5.10 Å². The van der Waals surface area contributed by atoms with Crippen LogP contribution in [0.2, 0.25) is 0 Å². The third-order valence-corrected chi connectivity index (χ3v) is 2.69. The lowest BCUT2D eigenvalue weighted by Gasteiger charge is -2.05. The van der Waals surface area contributed by atoms with E-state index in [0.29, 0.717) is 17.8 Å². The van der Waals surface area contributed by atoms with Crippen molar-refractivity contribution in [1.29, 1.82) is 0 Å². The summed E-state index contributed by atoms with van der Waals surface area (Å²) in [7, 11) is 0. The van der Waals surface area contributed by atoms with Gasteiger partial charge in [-0.1, -0.05) is 0 Å². The second-order valence-corrected chi connectivity index (χ2v) is 4.02. The Balaban J connectivity index is 2.34. The Kier molecular flexibility index (Phi) is 2.83. The van der Waals surface area contributed by atoms with Gasteiger partial charge in [-0.25, -0.2) is 8.78 Å². The summed E-state index contributed by atoms with van der Waals surface area (Å²) in [4.78, 5) is 0. The van der Waals surface area contributed by atoms with Crippen molar-refractivity contribution in [3.05, 3.63) is 46.8 Å². The number of anilines is 1. The second-order valence-electron chi connectivity index (χ2n) is 4.02. The van der Waals surface area contributed by atoms with E-state index < -0.39 is 11.6 Å². The van der Waals surface area contributed by atoms with Crippen molar-refractivity contribution < 1.29 is 8.78 Å². The maximum absolute atomic E-state index is 13.0. The van der Waals surface area contributed by atoms with E-state index in [9.17, 15) is 8.78 Å². The largest absolute Gasteiger partial charge is 0.396 e. The summed E-state index contributed by atoms with van der Waals surface area (Å²) in [6, 6.07) is 3.42. The van der Waals surface area contributed by atoms with E-state index in [0.717, 1.165) is 17.5 Å². The first-order valence-corrected chi connectivity index (χ1v) is 5.22. The summed E-state index contributed by atoms with van der Waals surface area (Å²) in [5.74, 6) is -1.18. The van der Waals surface area contributed by atoms with E-state index in [1.54, 1.807) is 11.6 Å². The Morgan fingerprint density at radius 3 is 2.24 bits per heavy atom. The molecule has 2 aromatic rings. The van der Waals surface area contributed by atoms with Crippen LogP contribution < -0.4 is 5.73 Å². The monoisotopic (exact) mass is 237 g/mol. The molecule has 1 heterocycles. The minimum atomic E-state index is -0.588. The zero-order valence-corrected chi connectivity index (χ0v) is 9.67. The molecule has 0 unspecified atom stereocenters. The number of hydrogen-bond donors (Lipinski definition) is 1. The minimum absolute atomic E-state index is 0.304. The molecule has 0 atom stereocenters. The van der Waals surface area contributed by atoms with Crippen LogP contribution in [0.3, 0.4) is 0 Å². The molecule has 17 heavy (non-hydrogen) atoms. The third kappa shape index (κ3) is 2.27. The maximum atomic E-state index is 13.0. The SMILES string of the molecule is Cc1nn(Cc2cc(F)cc(F)c2)c(C)c1N. The Bertz CT molecular complexity index is 541. The molecular weight excluding hydrogens is 224 g/mol. The van der Waals surface area contributed by atoms with Crippen molar-refractivity contribution in [2.45, 2.75) is 20.4 Å². The molecule has 5 heteroatoms. The number of nitrogens with zero attached hydrogens (tertiary/aromatic N) is 2. The Hall–Kier alpha value is -1.91. The van der Waals surface area contributed by atoms with E-state index in [-0.39, 0.29) is 0 Å². The molecule has 0 saturated heterocycles. The van der Waals surface area contributed by atoms with Crippen LogP contribution in [0.15, 0.2) is 18.2 Å². The molecule has 90 valence electrons. The Morgan fingerprint density at radius 1 is 1.18 bits per heavy atom. The first-order valence-electron chi connectivity index (χ1n) is 5.22. The van der Waals surface area contributed by atoms with Crippen molar-refractivity contribution in [3.63, 3.8) is 0 Å². The first kappa shape index (κ1) is 11.6. The summed E-state index contributed by atoms with van der Waals surface area (Å²) < 4.78 is 27.7. The van der Waals surface area contributed by atoms with Gasteiger partial charge in [0, 0.05) is 6.07 Å². The van der Waals surface area contributed by atoms with E-state index >= 15 is 0 Å². The zero-order chi connectivity index (χ0) is 12.6. The minimum Gasteiger partial charge on any atom is -0.396 e. The highest BCUT2D eigenvalue weighted by atomic mass is 19.1. The molecule has 0 fully saturated rings. The van der Waals surface area contributed by atoms with Crippen LogP contribution in [0.5, 0.6) is 0 Å². The molecule has 1 aromatic carbocycles. The maximum Gasteiger partial charge on any atom is 0.126 e. The lowest BCUT2D eigenvalue weighted by Crippen LogP contribution is -2.05. The molecule has 2 N–H and O–H groups in total. The number of halogens is 2. The van der Waals surface area contributed by atoms with Crippen LogP contribution in [0.1, 0.15) is 17.0 Å². The van der Waals surface area contributed by atoms with Crippen molar-refractivity contribution >= 4 is 5.69 Å². The molecule has 0 spiro atoms. The fourth-order valence-corrected chi connectivity index (χ4v) is 1.74. The molecule has 0 aliphatic heterocycles. The van der Waals surface area contributed by atoms with Crippen LogP contribution in [-0.2, 0) is 6.54 Å². The van der Waals surface area contributed by atoms with Gasteiger partial charge in [0.1, 0.15) is 11.6 Å². The molecule has 3 nitrogen and oxygen atoms in total. The number of aromatic nitrogens is 2. The number of benzene rings is 1. The predicted octanol–water partition coefficient (Wildman–Crippen LogP) is 2.41. The topological polar surface area (TPSA) is 43.8 Å². The molecule has 0 radical (unpaired) electrons. The van der Waals surface area contributed by atoms with Gasteiger partial charge >= 0.3 is 0 Å². The average molecular weight is 237 g/mol. The lowest BCUT2D eigenvalue weighted by molar-refractivity contribution is 0.573. The smallest absolute Gasteiger partial charge is 0.126 e. The fraction of sp³-hybridized carbons (Fsp3) is 0.250. The van der Waals surface area contributed by atoms with E-state index in [4.69, 9.17) is 5.73 Å². The molecule has 0 saturated carbocycles. The van der Waals surface area contributed by atoms with Crippen molar-refractivity contribution in [1.82, 2.24) is 9.78 Å². The van der Waals surface area contributed by atoms with Gasteiger partial charge in [-0.3, -0.25) is 4.68 Å². The molecule has 0 aliphatic carbocycles. The van der Waals surface area contributed by atoms with Crippen molar-refractivity contribution in [2.75, 3.05) is 5.73 Å². The summed E-state index contributed by atoms with van der Waals surface area (Å²) in [6.45, 7) is 3.93. The van der Waals surface area contributed by atoms with Gasteiger partial charge in [-0.05, 0) is 31.5 Å². The van der Waals surface area contributed by atoms with Crippen LogP contribution in [0, 0.1) is 25.5 Å². The molecule has 0 amide bonds. The molecule has 0 aliphatic rings. The van der Waals surface area contributed by atoms with Gasteiger partial charge in [-0.15, -0.1) is 0 Å². The second kappa shape index (κ2) is 4.16. The number of rotatable bonds is 2. The zero-order valence-electron chi connectivity index (χ0n) is 9.67. The highest BCUT2D eigenvalue weighted by Gasteiger charge is 2.09. The number of hydrogen-bond acceptors (Lipinski definition) is 2. The highest BCUT2D eigenvalue weighted by molar-refractivity contribution is 5.47. The van der Waals surface area contributed by atoms with Crippen LogP contribution in [0.25, 0.3) is 0 Å². The average Bonchev–Trinajstić information content (AvgIpc) is 2.45. The third-order valence-electron chi connectivity index (χ3n) is 2.69. The van der Waals surface area contributed by atoms with Gasteiger partial charge in [0.25, 0.3) is 0 Å². The van der Waals surface area contributed by atoms with Crippen molar-refractivity contribution in [3.8, 4) is 0 Å². The van der Waals surface area contributed by atoms with E-state index in [1.165, 1.54) is 12.1 Å². The number of nitrogens with two attached hydrogens (primary N) is 1. The van der Waals surface area contributed by atoms with Crippen molar-refractivity contribution in [2.24, 2.45) is 0 Å². The normalized spacial score (nSPS) is 10.8. The lowest BCUT2D eigenvalue weighted by atomic mass is 10.2. The Labute approximate surface area is 97.9 Å². The van der Waals surface area contributed by atoms with Gasteiger partial charge in [0.2, 0.25) is 0 Å². The summed E-state index contributed by atoms with van der Waals surface area (Å²) in [5, 5.41) is 4.21. The number of aryl methyl sites for hydroxylation is 1. The molecular formula is C12H13F2N3. The fourth-order valence-electron chi connectivity index (χ4n) is 1.74. The van der Waals surface area contributed by atoms with Gasteiger partial charge in [0.15, 0.2) is 0 Å². The summed E-state index contributed by atoms with van der Waals surface area (Å²) >= 11 is 0. The molecule has 1 aromatic heterocycles. The summed E-state index contributed by atoms with van der Waals surface area (Å²) in [5.41, 5.74) is 8.44. The first-order chi connectivity index (χ1) is 7.97. The number of nitrogen functional groups attached to an aromatic ring is 1. The Morgan fingerprint density at radius 2 is 1.76 bits per heavy atom. The van der Waals surface area contributed by atoms with Crippen LogP contribution in [0.4, 0.5) is 14.5 Å². The highest BCUT2D eigenvalue weighted by Crippen LogP contribution is 2.17. The van der Waals surface area contributed by atoms with Crippen LogP contribution in [-0.4, -0.2) is 9.78 Å².